The Kier molecular flexibility index (Phi) is 3.00. The number of aliphatic imine (C=N–C) groups is 1. The molecule has 0 fully saturated rings. The number of rotatable bonds is 3. The summed E-state index contributed by atoms with van der Waals surface area (Å²) >= 11 is 0. The molecular formula is C11H19NO2. The molecule has 3 heteroatoms. The summed E-state index contributed by atoms with van der Waals surface area (Å²) in [5.41, 5.74) is 0.403. The molecule has 0 aliphatic carbocycles. The van der Waals surface area contributed by atoms with Gasteiger partial charge in [0.25, 0.3) is 0 Å². The van der Waals surface area contributed by atoms with Crippen molar-refractivity contribution in [1.29, 1.82) is 0 Å². The summed E-state index contributed by atoms with van der Waals surface area (Å²) in [6.07, 6.45) is -0.567. The van der Waals surface area contributed by atoms with E-state index in [0.717, 1.165) is 0 Å². The normalized spacial score (nSPS) is 21.7. The summed E-state index contributed by atoms with van der Waals surface area (Å²) in [5.74, 6) is 0.647. The largest absolute Gasteiger partial charge is 0.475 e. The molecule has 1 heterocycles. The van der Waals surface area contributed by atoms with E-state index in [1.807, 2.05) is 27.7 Å². The lowest BCUT2D eigenvalue weighted by molar-refractivity contribution is 0.162. The second-order valence-corrected chi connectivity index (χ2v) is 4.73. The van der Waals surface area contributed by atoms with Crippen LogP contribution in [-0.2, 0) is 4.74 Å². The zero-order chi connectivity index (χ0) is 10.9. The molecule has 0 aromatic carbocycles. The van der Waals surface area contributed by atoms with E-state index < -0.39 is 6.10 Å². The van der Waals surface area contributed by atoms with Gasteiger partial charge >= 0.3 is 0 Å². The second kappa shape index (κ2) is 3.73. The molecule has 3 nitrogen and oxygen atoms in total. The van der Waals surface area contributed by atoms with Crippen LogP contribution in [0.15, 0.2) is 17.1 Å². The molecule has 1 atom stereocenters. The Morgan fingerprint density at radius 3 is 2.50 bits per heavy atom. The molecule has 1 rings (SSSR count). The van der Waals surface area contributed by atoms with Crippen molar-refractivity contribution >= 4 is 5.90 Å². The smallest absolute Gasteiger partial charge is 0.214 e. The van der Waals surface area contributed by atoms with E-state index in [2.05, 4.69) is 11.6 Å². The van der Waals surface area contributed by atoms with Gasteiger partial charge in [-0.3, -0.25) is 0 Å². The summed E-state index contributed by atoms with van der Waals surface area (Å²) in [4.78, 5) is 4.36. The standard InChI is InChI=1S/C11H19NO2/c1-7(2)9(13)8(3)10-12-11(4,5)6-14-10/h7,9,13H,3,6H2,1-2,4-5H3. The molecule has 1 N–H and O–H groups in total. The van der Waals surface area contributed by atoms with Gasteiger partial charge in [0, 0.05) is 5.57 Å². The fourth-order valence-electron chi connectivity index (χ4n) is 1.28. The van der Waals surface area contributed by atoms with Gasteiger partial charge in [0.05, 0.1) is 11.6 Å². The first-order valence-corrected chi connectivity index (χ1v) is 4.93. The van der Waals surface area contributed by atoms with Crippen LogP contribution in [0.4, 0.5) is 0 Å². The molecule has 0 saturated carbocycles. The van der Waals surface area contributed by atoms with Crippen molar-refractivity contribution in [2.45, 2.75) is 39.3 Å². The first-order valence-electron chi connectivity index (χ1n) is 4.93. The molecule has 1 aliphatic heterocycles. The lowest BCUT2D eigenvalue weighted by atomic mass is 10.0. The lowest BCUT2D eigenvalue weighted by Crippen LogP contribution is -2.22. The predicted octanol–water partition coefficient (Wildman–Crippen LogP) is 1.77. The lowest BCUT2D eigenvalue weighted by Gasteiger charge is -2.16. The van der Waals surface area contributed by atoms with Crippen LogP contribution in [0.1, 0.15) is 27.7 Å². The minimum Gasteiger partial charge on any atom is -0.475 e. The molecule has 0 saturated heterocycles. The van der Waals surface area contributed by atoms with Crippen LogP contribution >= 0.6 is 0 Å². The van der Waals surface area contributed by atoms with Crippen molar-refractivity contribution in [2.75, 3.05) is 6.61 Å². The second-order valence-electron chi connectivity index (χ2n) is 4.73. The van der Waals surface area contributed by atoms with E-state index in [0.29, 0.717) is 18.1 Å². The highest BCUT2D eigenvalue weighted by molar-refractivity contribution is 5.95. The number of aliphatic hydroxyl groups excluding tert-OH is 1. The monoisotopic (exact) mass is 197 g/mol. The maximum atomic E-state index is 9.77. The van der Waals surface area contributed by atoms with E-state index in [9.17, 15) is 5.11 Å². The molecular weight excluding hydrogens is 178 g/mol. The molecule has 0 aromatic rings. The third kappa shape index (κ3) is 2.35. The number of hydrogen-bond acceptors (Lipinski definition) is 3. The Morgan fingerprint density at radius 1 is 1.57 bits per heavy atom. The fraction of sp³-hybridized carbons (Fsp3) is 0.727. The molecule has 14 heavy (non-hydrogen) atoms. The van der Waals surface area contributed by atoms with Crippen LogP contribution in [0.3, 0.4) is 0 Å². The van der Waals surface area contributed by atoms with Gasteiger partial charge in [-0.05, 0) is 19.8 Å². The van der Waals surface area contributed by atoms with Gasteiger partial charge in [-0.2, -0.15) is 0 Å². The zero-order valence-electron chi connectivity index (χ0n) is 9.37. The Balaban J connectivity index is 2.73. The quantitative estimate of drug-likeness (QED) is 0.749. The number of nitrogens with zero attached hydrogens (tertiary/aromatic N) is 1. The molecule has 0 radical (unpaired) electrons. The average molecular weight is 197 g/mol. The third-order valence-corrected chi connectivity index (χ3v) is 2.23. The molecule has 0 amide bonds. The number of aliphatic hydroxyl groups is 1. The summed E-state index contributed by atoms with van der Waals surface area (Å²) in [7, 11) is 0. The Morgan fingerprint density at radius 2 is 2.14 bits per heavy atom. The van der Waals surface area contributed by atoms with Crippen LogP contribution in [-0.4, -0.2) is 29.3 Å². The SMILES string of the molecule is C=C(C1=NC(C)(C)CO1)C(O)C(C)C. The zero-order valence-corrected chi connectivity index (χ0v) is 9.37. The highest BCUT2D eigenvalue weighted by Crippen LogP contribution is 2.22. The Labute approximate surface area is 85.5 Å². The molecule has 1 unspecified atom stereocenters. The van der Waals surface area contributed by atoms with E-state index >= 15 is 0 Å². The average Bonchev–Trinajstić information content (AvgIpc) is 2.43. The fourth-order valence-corrected chi connectivity index (χ4v) is 1.28. The molecule has 0 aromatic heterocycles. The molecule has 1 aliphatic rings. The predicted molar refractivity (Wildman–Crippen MR) is 57.5 cm³/mol. The highest BCUT2D eigenvalue weighted by Gasteiger charge is 2.30. The van der Waals surface area contributed by atoms with Crippen molar-refractivity contribution in [1.82, 2.24) is 0 Å². The van der Waals surface area contributed by atoms with E-state index in [-0.39, 0.29) is 11.5 Å². The first-order chi connectivity index (χ1) is 6.33. The van der Waals surface area contributed by atoms with Crippen LogP contribution in [0, 0.1) is 5.92 Å². The van der Waals surface area contributed by atoms with E-state index in [1.165, 1.54) is 0 Å². The minimum atomic E-state index is -0.567. The van der Waals surface area contributed by atoms with Crippen molar-refractivity contribution in [3.05, 3.63) is 12.2 Å². The Bertz CT molecular complexity index is 266. The van der Waals surface area contributed by atoms with E-state index in [4.69, 9.17) is 4.74 Å². The van der Waals surface area contributed by atoms with Gasteiger partial charge in [0.1, 0.15) is 6.61 Å². The third-order valence-electron chi connectivity index (χ3n) is 2.23. The molecule has 80 valence electrons. The van der Waals surface area contributed by atoms with Gasteiger partial charge in [0.2, 0.25) is 5.90 Å². The van der Waals surface area contributed by atoms with Gasteiger partial charge in [-0.15, -0.1) is 0 Å². The van der Waals surface area contributed by atoms with Gasteiger partial charge < -0.3 is 9.84 Å². The summed E-state index contributed by atoms with van der Waals surface area (Å²) in [5, 5.41) is 9.77. The van der Waals surface area contributed by atoms with Crippen molar-refractivity contribution < 1.29 is 9.84 Å². The number of hydrogen-bond donors (Lipinski definition) is 1. The first kappa shape index (κ1) is 11.2. The Hall–Kier alpha value is -0.830. The van der Waals surface area contributed by atoms with Crippen molar-refractivity contribution in [3.63, 3.8) is 0 Å². The number of ether oxygens (including phenoxy) is 1. The van der Waals surface area contributed by atoms with Crippen LogP contribution in [0.25, 0.3) is 0 Å². The topological polar surface area (TPSA) is 41.8 Å². The van der Waals surface area contributed by atoms with Crippen molar-refractivity contribution in [3.8, 4) is 0 Å². The minimum absolute atomic E-state index is 0.137. The van der Waals surface area contributed by atoms with Gasteiger partial charge in [0.15, 0.2) is 0 Å². The maximum absolute atomic E-state index is 9.77. The highest BCUT2D eigenvalue weighted by atomic mass is 16.5. The van der Waals surface area contributed by atoms with Gasteiger partial charge in [-0.1, -0.05) is 20.4 Å². The summed E-state index contributed by atoms with van der Waals surface area (Å²) in [6.45, 7) is 12.3. The summed E-state index contributed by atoms with van der Waals surface area (Å²) < 4.78 is 5.39. The van der Waals surface area contributed by atoms with Crippen molar-refractivity contribution in [2.24, 2.45) is 10.9 Å². The molecule has 0 spiro atoms. The summed E-state index contributed by atoms with van der Waals surface area (Å²) in [6, 6.07) is 0. The van der Waals surface area contributed by atoms with Crippen LogP contribution in [0.2, 0.25) is 0 Å². The van der Waals surface area contributed by atoms with Gasteiger partial charge in [-0.25, -0.2) is 4.99 Å². The van der Waals surface area contributed by atoms with Crippen LogP contribution < -0.4 is 0 Å². The molecule has 0 bridgehead atoms. The maximum Gasteiger partial charge on any atom is 0.214 e. The van der Waals surface area contributed by atoms with E-state index in [1.54, 1.807) is 0 Å². The van der Waals surface area contributed by atoms with Crippen LogP contribution in [0.5, 0.6) is 0 Å².